The summed E-state index contributed by atoms with van der Waals surface area (Å²) < 4.78 is 5.43. The third kappa shape index (κ3) is 5.89. The van der Waals surface area contributed by atoms with Crippen molar-refractivity contribution in [2.45, 2.75) is 45.6 Å². The largest absolute Gasteiger partial charge is 0.356 e. The van der Waals surface area contributed by atoms with Crippen LogP contribution in [0.3, 0.4) is 0 Å². The van der Waals surface area contributed by atoms with Gasteiger partial charge in [-0.25, -0.2) is 0 Å². The quantitative estimate of drug-likeness (QED) is 0.647. The van der Waals surface area contributed by atoms with Crippen molar-refractivity contribution in [2.24, 2.45) is 11.8 Å². The Labute approximate surface area is 182 Å². The molecule has 2 aromatic rings. The highest BCUT2D eigenvalue weighted by atomic mass is 32.1. The summed E-state index contributed by atoms with van der Waals surface area (Å²) in [5, 5.41) is 9.26. The number of hydrogen-bond donors (Lipinski definition) is 1. The lowest BCUT2D eigenvalue weighted by atomic mass is 9.97. The molecule has 0 radical (unpaired) electrons. The normalized spacial score (nSPS) is 23.5. The molecule has 7 nitrogen and oxygen atoms in total. The second kappa shape index (κ2) is 10.5. The van der Waals surface area contributed by atoms with Gasteiger partial charge in [0.2, 0.25) is 17.6 Å². The maximum atomic E-state index is 12.7. The number of nitrogens with one attached hydrogen (secondary N) is 1. The Hall–Kier alpha value is -1.77. The SMILES string of the molecule is CC1CCCN(CCCNC(=O)C2CCCN(Cc3nc(-c4cccs4)no3)C2)C1. The average molecular weight is 432 g/mol. The van der Waals surface area contributed by atoms with E-state index in [0.717, 1.165) is 56.2 Å². The van der Waals surface area contributed by atoms with E-state index in [9.17, 15) is 4.79 Å². The predicted molar refractivity (Wildman–Crippen MR) is 118 cm³/mol. The van der Waals surface area contributed by atoms with E-state index in [4.69, 9.17) is 4.52 Å². The molecule has 164 valence electrons. The van der Waals surface area contributed by atoms with E-state index in [1.807, 2.05) is 17.5 Å². The fourth-order valence-corrected chi connectivity index (χ4v) is 5.23. The van der Waals surface area contributed by atoms with Gasteiger partial charge in [0.05, 0.1) is 17.3 Å². The summed E-state index contributed by atoms with van der Waals surface area (Å²) in [7, 11) is 0. The van der Waals surface area contributed by atoms with Crippen molar-refractivity contribution in [1.29, 1.82) is 0 Å². The van der Waals surface area contributed by atoms with Gasteiger partial charge in [0.25, 0.3) is 0 Å². The molecular formula is C22H33N5O2S. The van der Waals surface area contributed by atoms with E-state index in [1.165, 1.54) is 25.9 Å². The number of rotatable bonds is 8. The molecule has 4 heterocycles. The van der Waals surface area contributed by atoms with Gasteiger partial charge in [0, 0.05) is 19.6 Å². The predicted octanol–water partition coefficient (Wildman–Crippen LogP) is 3.25. The monoisotopic (exact) mass is 431 g/mol. The van der Waals surface area contributed by atoms with Crippen LogP contribution in [0.25, 0.3) is 10.7 Å². The first kappa shape index (κ1) is 21.5. The van der Waals surface area contributed by atoms with Gasteiger partial charge in [-0.3, -0.25) is 9.69 Å². The molecule has 2 unspecified atom stereocenters. The van der Waals surface area contributed by atoms with Gasteiger partial charge in [-0.05, 0) is 69.1 Å². The Morgan fingerprint density at radius 3 is 2.97 bits per heavy atom. The van der Waals surface area contributed by atoms with Crippen molar-refractivity contribution in [3.8, 4) is 10.7 Å². The van der Waals surface area contributed by atoms with Crippen molar-refractivity contribution in [3.05, 3.63) is 23.4 Å². The first-order chi connectivity index (χ1) is 14.7. The Morgan fingerprint density at radius 1 is 1.27 bits per heavy atom. The minimum Gasteiger partial charge on any atom is -0.356 e. The zero-order valence-electron chi connectivity index (χ0n) is 17.9. The molecular weight excluding hydrogens is 398 g/mol. The van der Waals surface area contributed by atoms with Crippen LogP contribution in [-0.4, -0.2) is 65.1 Å². The highest BCUT2D eigenvalue weighted by molar-refractivity contribution is 7.13. The van der Waals surface area contributed by atoms with Gasteiger partial charge in [0.15, 0.2) is 0 Å². The third-order valence-corrected chi connectivity index (χ3v) is 7.00. The number of amides is 1. The fraction of sp³-hybridized carbons (Fsp3) is 0.682. The van der Waals surface area contributed by atoms with Crippen LogP contribution in [0.1, 0.15) is 44.9 Å². The van der Waals surface area contributed by atoms with Gasteiger partial charge in [-0.1, -0.05) is 18.1 Å². The summed E-state index contributed by atoms with van der Waals surface area (Å²) in [6.07, 6.45) is 5.67. The van der Waals surface area contributed by atoms with Crippen LogP contribution < -0.4 is 5.32 Å². The van der Waals surface area contributed by atoms with Crippen LogP contribution in [-0.2, 0) is 11.3 Å². The molecule has 1 amide bonds. The molecule has 2 fully saturated rings. The highest BCUT2D eigenvalue weighted by Gasteiger charge is 2.27. The molecule has 0 bridgehead atoms. The first-order valence-corrected chi connectivity index (χ1v) is 12.1. The second-order valence-corrected chi connectivity index (χ2v) is 9.70. The van der Waals surface area contributed by atoms with E-state index in [1.54, 1.807) is 11.3 Å². The Balaban J connectivity index is 1.18. The Bertz CT molecular complexity index is 793. The molecule has 8 heteroatoms. The third-order valence-electron chi connectivity index (χ3n) is 6.14. The van der Waals surface area contributed by atoms with Gasteiger partial charge < -0.3 is 14.7 Å². The fourth-order valence-electron chi connectivity index (χ4n) is 4.58. The Kier molecular flexibility index (Phi) is 7.52. The number of likely N-dealkylation sites (tertiary alicyclic amines) is 2. The zero-order chi connectivity index (χ0) is 20.8. The smallest absolute Gasteiger partial charge is 0.241 e. The molecule has 2 saturated heterocycles. The van der Waals surface area contributed by atoms with E-state index in [0.29, 0.717) is 18.3 Å². The molecule has 0 saturated carbocycles. The zero-order valence-corrected chi connectivity index (χ0v) is 18.7. The standard InChI is InChI=1S/C22H33N5O2S/c1-17-6-2-10-26(14-17)12-5-9-23-22(28)18-7-3-11-27(15-18)16-20-24-21(25-29-20)19-8-4-13-30-19/h4,8,13,17-18H,2-3,5-7,9-12,14-16H2,1H3,(H,23,28). The lowest BCUT2D eigenvalue weighted by Gasteiger charge is -2.31. The molecule has 30 heavy (non-hydrogen) atoms. The Morgan fingerprint density at radius 2 is 2.13 bits per heavy atom. The maximum absolute atomic E-state index is 12.7. The summed E-state index contributed by atoms with van der Waals surface area (Å²) in [4.78, 5) is 23.0. The minimum atomic E-state index is 0.0495. The number of nitrogens with zero attached hydrogens (tertiary/aromatic N) is 4. The molecule has 0 aliphatic carbocycles. The van der Waals surface area contributed by atoms with Crippen LogP contribution in [0.5, 0.6) is 0 Å². The topological polar surface area (TPSA) is 74.5 Å². The van der Waals surface area contributed by atoms with Crippen LogP contribution in [0.2, 0.25) is 0 Å². The average Bonchev–Trinajstić information content (AvgIpc) is 3.43. The number of aromatic nitrogens is 2. The van der Waals surface area contributed by atoms with Gasteiger partial charge in [-0.2, -0.15) is 4.98 Å². The number of piperidine rings is 2. The lowest BCUT2D eigenvalue weighted by Crippen LogP contribution is -2.43. The van der Waals surface area contributed by atoms with Crippen LogP contribution in [0, 0.1) is 11.8 Å². The molecule has 0 aromatic carbocycles. The molecule has 2 aromatic heterocycles. The summed E-state index contributed by atoms with van der Waals surface area (Å²) >= 11 is 1.60. The van der Waals surface area contributed by atoms with E-state index in [-0.39, 0.29) is 11.8 Å². The van der Waals surface area contributed by atoms with Crippen LogP contribution >= 0.6 is 11.3 Å². The second-order valence-electron chi connectivity index (χ2n) is 8.76. The van der Waals surface area contributed by atoms with Crippen molar-refractivity contribution >= 4 is 17.2 Å². The molecule has 2 aliphatic heterocycles. The summed E-state index contributed by atoms with van der Waals surface area (Å²) in [6, 6.07) is 3.98. The molecule has 4 rings (SSSR count). The molecule has 2 atom stereocenters. The number of carbonyl (C=O) groups is 1. The van der Waals surface area contributed by atoms with Gasteiger partial charge >= 0.3 is 0 Å². The highest BCUT2D eigenvalue weighted by Crippen LogP contribution is 2.23. The number of hydrogen-bond acceptors (Lipinski definition) is 7. The minimum absolute atomic E-state index is 0.0495. The van der Waals surface area contributed by atoms with Crippen LogP contribution in [0.4, 0.5) is 0 Å². The van der Waals surface area contributed by atoms with Gasteiger partial charge in [-0.15, -0.1) is 11.3 Å². The summed E-state index contributed by atoms with van der Waals surface area (Å²) in [5.74, 6) is 2.32. The summed E-state index contributed by atoms with van der Waals surface area (Å²) in [6.45, 7) is 8.93. The number of carbonyl (C=O) groups excluding carboxylic acids is 1. The lowest BCUT2D eigenvalue weighted by molar-refractivity contribution is -0.126. The van der Waals surface area contributed by atoms with Crippen LogP contribution in [0.15, 0.2) is 22.0 Å². The molecule has 1 N–H and O–H groups in total. The van der Waals surface area contributed by atoms with Crippen molar-refractivity contribution in [2.75, 3.05) is 39.3 Å². The van der Waals surface area contributed by atoms with Crippen molar-refractivity contribution in [1.82, 2.24) is 25.3 Å². The maximum Gasteiger partial charge on any atom is 0.241 e. The summed E-state index contributed by atoms with van der Waals surface area (Å²) in [5.41, 5.74) is 0. The molecule has 2 aliphatic rings. The van der Waals surface area contributed by atoms with Crippen molar-refractivity contribution < 1.29 is 9.32 Å². The van der Waals surface area contributed by atoms with Gasteiger partial charge in [0.1, 0.15) is 0 Å². The molecule has 0 spiro atoms. The first-order valence-electron chi connectivity index (χ1n) is 11.3. The van der Waals surface area contributed by atoms with E-state index >= 15 is 0 Å². The van der Waals surface area contributed by atoms with Crippen molar-refractivity contribution in [3.63, 3.8) is 0 Å². The van der Waals surface area contributed by atoms with E-state index < -0.39 is 0 Å². The number of thiophene rings is 1. The van der Waals surface area contributed by atoms with E-state index in [2.05, 4.69) is 32.2 Å².